The van der Waals surface area contributed by atoms with E-state index >= 15 is 0 Å². The van der Waals surface area contributed by atoms with Crippen molar-refractivity contribution in [2.24, 2.45) is 0 Å². The molecule has 3 aromatic rings. The van der Waals surface area contributed by atoms with Gasteiger partial charge in [-0.25, -0.2) is 19.1 Å². The second kappa shape index (κ2) is 11.1. The number of halogens is 4. The van der Waals surface area contributed by atoms with Crippen LogP contribution in [0.3, 0.4) is 0 Å². The molecule has 0 aliphatic carbocycles. The minimum atomic E-state index is -4.75. The number of nitrogens with zero attached hydrogens (tertiary/aromatic N) is 3. The number of amides is 1. The molecule has 13 heteroatoms. The van der Waals surface area contributed by atoms with Crippen molar-refractivity contribution in [3.05, 3.63) is 58.7 Å². The van der Waals surface area contributed by atoms with E-state index in [0.717, 1.165) is 0 Å². The van der Waals surface area contributed by atoms with Crippen molar-refractivity contribution in [1.29, 1.82) is 0 Å². The third-order valence-corrected chi connectivity index (χ3v) is 6.83. The molecule has 0 bridgehead atoms. The Hall–Kier alpha value is -3.16. The fourth-order valence-electron chi connectivity index (χ4n) is 4.63. The molecule has 0 radical (unpaired) electrons. The number of benzene rings is 2. The Bertz CT molecular complexity index is 1380. The minimum Gasteiger partial charge on any atom is -0.593 e. The van der Waals surface area contributed by atoms with Gasteiger partial charge in [0.25, 0.3) is 5.91 Å². The molecule has 1 aliphatic rings. The number of anilines is 2. The number of aromatic nitrogens is 2. The molecule has 3 unspecified atom stereocenters. The molecule has 4 rings (SSSR count). The van der Waals surface area contributed by atoms with Crippen LogP contribution in [-0.4, -0.2) is 52.0 Å². The Morgan fingerprint density at radius 3 is 2.46 bits per heavy atom. The van der Waals surface area contributed by atoms with Gasteiger partial charge in [0.05, 0.1) is 40.8 Å². The summed E-state index contributed by atoms with van der Waals surface area (Å²) >= 11 is -1.38. The zero-order chi connectivity index (χ0) is 28.6. The smallest absolute Gasteiger partial charge is 0.451 e. The molecule has 0 saturated carbocycles. The fourth-order valence-corrected chi connectivity index (χ4v) is 5.16. The molecular formula is C26H29F4N5O3S. The Kier molecular flexibility index (Phi) is 8.24. The zero-order valence-electron chi connectivity index (χ0n) is 22.0. The Balaban J connectivity index is 1.67. The van der Waals surface area contributed by atoms with Gasteiger partial charge in [0.1, 0.15) is 17.9 Å². The van der Waals surface area contributed by atoms with Gasteiger partial charge >= 0.3 is 6.18 Å². The Morgan fingerprint density at radius 2 is 1.85 bits per heavy atom. The van der Waals surface area contributed by atoms with Crippen LogP contribution in [0.15, 0.2) is 30.3 Å². The van der Waals surface area contributed by atoms with Crippen LogP contribution in [-0.2, 0) is 22.3 Å². The van der Waals surface area contributed by atoms with Crippen LogP contribution in [0.5, 0.6) is 0 Å². The van der Waals surface area contributed by atoms with E-state index in [1.54, 1.807) is 24.8 Å². The quantitative estimate of drug-likeness (QED) is 0.323. The van der Waals surface area contributed by atoms with Gasteiger partial charge in [0.15, 0.2) is 0 Å². The topological polar surface area (TPSA) is 102 Å². The first-order chi connectivity index (χ1) is 18.2. The first-order valence-corrected chi connectivity index (χ1v) is 13.8. The van der Waals surface area contributed by atoms with Crippen LogP contribution in [0.4, 0.5) is 29.1 Å². The SMILES string of the molecule is Cc1cc([C@@H](C)NC(=O)c2ccc3nc(C(F)(F)F)nc(N4CC(C)OC(C)C4)c3c2)c(F)cc1N[S+](C)[O-]. The maximum atomic E-state index is 14.8. The van der Waals surface area contributed by atoms with Crippen LogP contribution >= 0.6 is 0 Å². The summed E-state index contributed by atoms with van der Waals surface area (Å²) in [5.41, 5.74) is 1.45. The van der Waals surface area contributed by atoms with Crippen LogP contribution in [0.1, 0.15) is 54.1 Å². The van der Waals surface area contributed by atoms with Gasteiger partial charge in [-0.1, -0.05) is 0 Å². The number of carbonyl (C=O) groups excluding carboxylic acids is 1. The molecule has 4 atom stereocenters. The highest BCUT2D eigenvalue weighted by atomic mass is 32.2. The molecule has 1 aliphatic heterocycles. The molecule has 2 N–H and O–H groups in total. The van der Waals surface area contributed by atoms with E-state index in [9.17, 15) is 26.9 Å². The summed E-state index contributed by atoms with van der Waals surface area (Å²) in [4.78, 5) is 22.4. The van der Waals surface area contributed by atoms with Crippen molar-refractivity contribution in [2.45, 2.75) is 52.1 Å². The highest BCUT2D eigenvalue weighted by Crippen LogP contribution is 2.33. The molecule has 1 amide bonds. The average Bonchev–Trinajstić information content (AvgIpc) is 2.83. The first kappa shape index (κ1) is 28.8. The van der Waals surface area contributed by atoms with E-state index in [4.69, 9.17) is 4.74 Å². The second-order valence-electron chi connectivity index (χ2n) is 9.70. The molecule has 210 valence electrons. The van der Waals surface area contributed by atoms with Crippen molar-refractivity contribution in [1.82, 2.24) is 15.3 Å². The van der Waals surface area contributed by atoms with Crippen molar-refractivity contribution in [3.8, 4) is 0 Å². The summed E-state index contributed by atoms with van der Waals surface area (Å²) in [6.07, 6.45) is -3.80. The van der Waals surface area contributed by atoms with Crippen LogP contribution < -0.4 is 14.9 Å². The molecular weight excluding hydrogens is 538 g/mol. The molecule has 2 aromatic carbocycles. The summed E-state index contributed by atoms with van der Waals surface area (Å²) in [5, 5.41) is 3.03. The van der Waals surface area contributed by atoms with Gasteiger partial charge in [-0.05, 0) is 57.5 Å². The van der Waals surface area contributed by atoms with Crippen molar-refractivity contribution < 1.29 is 31.6 Å². The molecule has 2 heterocycles. The average molecular weight is 568 g/mol. The molecule has 1 saturated heterocycles. The van der Waals surface area contributed by atoms with Crippen molar-refractivity contribution in [3.63, 3.8) is 0 Å². The summed E-state index contributed by atoms with van der Waals surface area (Å²) in [6, 6.07) is 6.20. The predicted octanol–water partition coefficient (Wildman–Crippen LogP) is 4.91. The number of aryl methyl sites for hydroxylation is 1. The van der Waals surface area contributed by atoms with E-state index in [0.29, 0.717) is 24.3 Å². The van der Waals surface area contributed by atoms with Crippen LogP contribution in [0.25, 0.3) is 10.9 Å². The van der Waals surface area contributed by atoms with Crippen molar-refractivity contribution >= 4 is 39.7 Å². The lowest BCUT2D eigenvalue weighted by molar-refractivity contribution is -0.144. The summed E-state index contributed by atoms with van der Waals surface area (Å²) < 4.78 is 75.5. The lowest BCUT2D eigenvalue weighted by Crippen LogP contribution is -2.46. The maximum absolute atomic E-state index is 14.8. The zero-order valence-corrected chi connectivity index (χ0v) is 22.8. The van der Waals surface area contributed by atoms with Gasteiger partial charge in [0, 0.05) is 35.7 Å². The highest BCUT2D eigenvalue weighted by Gasteiger charge is 2.37. The molecule has 8 nitrogen and oxygen atoms in total. The van der Waals surface area contributed by atoms with E-state index < -0.39 is 41.1 Å². The summed E-state index contributed by atoms with van der Waals surface area (Å²) in [7, 11) is 0. The second-order valence-corrected chi connectivity index (χ2v) is 10.8. The summed E-state index contributed by atoms with van der Waals surface area (Å²) in [5.74, 6) is -2.34. The predicted molar refractivity (Wildman–Crippen MR) is 141 cm³/mol. The first-order valence-electron chi connectivity index (χ1n) is 12.2. The van der Waals surface area contributed by atoms with Crippen LogP contribution in [0, 0.1) is 12.7 Å². The van der Waals surface area contributed by atoms with Gasteiger partial charge in [-0.15, -0.1) is 0 Å². The molecule has 0 spiro atoms. The maximum Gasteiger partial charge on any atom is 0.451 e. The number of carbonyl (C=O) groups is 1. The lowest BCUT2D eigenvalue weighted by Gasteiger charge is -2.36. The highest BCUT2D eigenvalue weighted by molar-refractivity contribution is 7.92. The standard InChI is InChI=1S/C26H29F4N5O3S/c1-13-8-18(20(27)10-22(13)34-39(5)37)16(4)31-24(36)17-6-7-21-19(9-17)23(33-25(32-21)26(28,29)30)35-11-14(2)38-15(3)12-35/h6-10,14-16,34H,11-12H2,1-5H3,(H,31,36)/t14?,15?,16-,39?/m1/s1. The van der Waals surface area contributed by atoms with Gasteiger partial charge < -0.3 is 19.5 Å². The number of hydrogen-bond donors (Lipinski definition) is 2. The summed E-state index contributed by atoms with van der Waals surface area (Å²) in [6.45, 7) is 7.61. The molecule has 39 heavy (non-hydrogen) atoms. The lowest BCUT2D eigenvalue weighted by atomic mass is 10.0. The van der Waals surface area contributed by atoms with Crippen LogP contribution in [0.2, 0.25) is 0 Å². The number of hydrogen-bond acceptors (Lipinski definition) is 7. The molecule has 1 fully saturated rings. The van der Waals surface area contributed by atoms with E-state index in [1.807, 2.05) is 13.8 Å². The van der Waals surface area contributed by atoms with Gasteiger partial charge in [0.2, 0.25) is 5.82 Å². The normalized spacial score (nSPS) is 19.6. The van der Waals surface area contributed by atoms with Gasteiger partial charge in [-0.3, -0.25) is 4.79 Å². The van der Waals surface area contributed by atoms with E-state index in [1.165, 1.54) is 30.5 Å². The number of alkyl halides is 3. The van der Waals surface area contributed by atoms with Gasteiger partial charge in [-0.2, -0.15) is 13.2 Å². The largest absolute Gasteiger partial charge is 0.593 e. The molecule has 1 aromatic heterocycles. The fraction of sp³-hybridized carbons (Fsp3) is 0.423. The van der Waals surface area contributed by atoms with Crippen molar-refractivity contribution in [2.75, 3.05) is 29.0 Å². The number of nitrogens with one attached hydrogen (secondary N) is 2. The van der Waals surface area contributed by atoms with E-state index in [-0.39, 0.29) is 40.1 Å². The number of rotatable bonds is 6. The number of fused-ring (bicyclic) bond motifs is 1. The minimum absolute atomic E-state index is 0.0433. The third-order valence-electron chi connectivity index (χ3n) is 6.32. The third kappa shape index (κ3) is 6.53. The number of morpholine rings is 1. The number of ether oxygens (including phenoxy) is 1. The Labute approximate surface area is 226 Å². The van der Waals surface area contributed by atoms with E-state index in [2.05, 4.69) is 20.0 Å². The monoisotopic (exact) mass is 567 g/mol. The Morgan fingerprint density at radius 1 is 1.18 bits per heavy atom.